The van der Waals surface area contributed by atoms with E-state index in [0.29, 0.717) is 13.0 Å². The predicted octanol–water partition coefficient (Wildman–Crippen LogP) is 3.33. The number of para-hydroxylation sites is 1. The van der Waals surface area contributed by atoms with E-state index >= 15 is 0 Å². The van der Waals surface area contributed by atoms with Crippen molar-refractivity contribution < 1.29 is 9.84 Å². The van der Waals surface area contributed by atoms with E-state index in [9.17, 15) is 5.11 Å². The summed E-state index contributed by atoms with van der Waals surface area (Å²) in [5.74, 6) is 0.737. The molecule has 0 heterocycles. The van der Waals surface area contributed by atoms with E-state index in [2.05, 4.69) is 33.4 Å². The largest absolute Gasteiger partial charge is 0.491 e. The second-order valence-corrected chi connectivity index (χ2v) is 6.41. The normalized spacial score (nSPS) is 13.4. The van der Waals surface area contributed by atoms with Crippen LogP contribution in [0.1, 0.15) is 12.0 Å². The molecule has 0 saturated carbocycles. The average Bonchev–Trinajstić information content (AvgIpc) is 2.55. The summed E-state index contributed by atoms with van der Waals surface area (Å²) in [4.78, 5) is 0. The number of rotatable bonds is 8. The van der Waals surface area contributed by atoms with E-state index in [1.807, 2.05) is 43.3 Å². The highest BCUT2D eigenvalue weighted by Gasteiger charge is 2.15. The number of nitrogens with one attached hydrogen (secondary N) is 1. The van der Waals surface area contributed by atoms with Gasteiger partial charge in [-0.1, -0.05) is 24.3 Å². The van der Waals surface area contributed by atoms with Gasteiger partial charge in [0.2, 0.25) is 0 Å². The summed E-state index contributed by atoms with van der Waals surface area (Å²) in [5, 5.41) is 13.4. The molecule has 23 heavy (non-hydrogen) atoms. The van der Waals surface area contributed by atoms with Gasteiger partial charge in [0.25, 0.3) is 0 Å². The number of halogens is 1. The quantitative estimate of drug-likeness (QED) is 0.658. The monoisotopic (exact) mass is 378 g/mol. The molecule has 0 amide bonds. The molecule has 4 N–H and O–H groups in total. The van der Waals surface area contributed by atoms with Crippen LogP contribution in [0, 0.1) is 6.92 Å². The maximum absolute atomic E-state index is 10.1. The number of hydrogen-bond donors (Lipinski definition) is 3. The topological polar surface area (TPSA) is 67.5 Å². The number of hydrogen-bond acceptors (Lipinski definition) is 4. The number of anilines is 1. The molecule has 2 atom stereocenters. The number of ether oxygens (including phenoxy) is 1. The van der Waals surface area contributed by atoms with Crippen LogP contribution in [0.25, 0.3) is 0 Å². The minimum absolute atomic E-state index is 0.194. The molecule has 2 aromatic carbocycles. The van der Waals surface area contributed by atoms with Crippen LogP contribution < -0.4 is 15.8 Å². The average molecular weight is 379 g/mol. The Balaban J connectivity index is 1.72. The highest BCUT2D eigenvalue weighted by molar-refractivity contribution is 9.10. The molecule has 0 saturated heterocycles. The summed E-state index contributed by atoms with van der Waals surface area (Å²) >= 11 is 3.53. The SMILES string of the molecule is Cc1ccc(NCCC(N)C(O)COc2ccccc2)c(Br)c1. The van der Waals surface area contributed by atoms with Gasteiger partial charge in [-0.05, 0) is 59.1 Å². The van der Waals surface area contributed by atoms with Gasteiger partial charge in [-0.3, -0.25) is 0 Å². The molecule has 0 fully saturated rings. The molecule has 2 aromatic rings. The second kappa shape index (κ2) is 8.91. The van der Waals surface area contributed by atoms with Crippen molar-refractivity contribution >= 4 is 21.6 Å². The smallest absolute Gasteiger partial charge is 0.119 e. The molecule has 2 unspecified atom stereocenters. The van der Waals surface area contributed by atoms with E-state index < -0.39 is 6.10 Å². The van der Waals surface area contributed by atoms with Crippen molar-refractivity contribution in [1.29, 1.82) is 0 Å². The Hall–Kier alpha value is -1.56. The first-order chi connectivity index (χ1) is 11.1. The standard InChI is InChI=1S/C18H23BrN2O2/c1-13-7-8-17(15(19)11-13)21-10-9-16(20)18(22)12-23-14-5-3-2-4-6-14/h2-8,11,16,18,21-22H,9-10,12,20H2,1H3. The van der Waals surface area contributed by atoms with E-state index in [1.54, 1.807) is 0 Å². The zero-order chi connectivity index (χ0) is 16.7. The molecule has 2 rings (SSSR count). The zero-order valence-electron chi connectivity index (χ0n) is 13.2. The van der Waals surface area contributed by atoms with Crippen LogP contribution in [0.5, 0.6) is 5.75 Å². The van der Waals surface area contributed by atoms with Crippen LogP contribution >= 0.6 is 15.9 Å². The Labute approximate surface area is 145 Å². The van der Waals surface area contributed by atoms with Crippen LogP contribution in [0.15, 0.2) is 53.0 Å². The molecule has 0 radical (unpaired) electrons. The summed E-state index contributed by atoms with van der Waals surface area (Å²) in [6.45, 7) is 2.93. The number of aliphatic hydroxyl groups excluding tert-OH is 1. The predicted molar refractivity (Wildman–Crippen MR) is 97.9 cm³/mol. The second-order valence-electron chi connectivity index (χ2n) is 5.55. The Morgan fingerprint density at radius 3 is 2.65 bits per heavy atom. The number of benzene rings is 2. The van der Waals surface area contributed by atoms with E-state index in [1.165, 1.54) is 5.56 Å². The minimum Gasteiger partial charge on any atom is -0.491 e. The fourth-order valence-electron chi connectivity index (χ4n) is 2.15. The van der Waals surface area contributed by atoms with Crippen molar-refractivity contribution in [3.05, 3.63) is 58.6 Å². The highest BCUT2D eigenvalue weighted by atomic mass is 79.9. The molecule has 124 valence electrons. The maximum Gasteiger partial charge on any atom is 0.119 e. The Morgan fingerprint density at radius 1 is 1.22 bits per heavy atom. The van der Waals surface area contributed by atoms with Gasteiger partial charge in [0, 0.05) is 22.7 Å². The molecule has 4 nitrogen and oxygen atoms in total. The van der Waals surface area contributed by atoms with Gasteiger partial charge in [-0.2, -0.15) is 0 Å². The molecular weight excluding hydrogens is 356 g/mol. The fourth-order valence-corrected chi connectivity index (χ4v) is 2.78. The minimum atomic E-state index is -0.696. The highest BCUT2D eigenvalue weighted by Crippen LogP contribution is 2.23. The van der Waals surface area contributed by atoms with E-state index in [-0.39, 0.29) is 12.6 Å². The van der Waals surface area contributed by atoms with Crippen molar-refractivity contribution in [2.24, 2.45) is 5.73 Å². The lowest BCUT2D eigenvalue weighted by Crippen LogP contribution is -2.40. The number of aliphatic hydroxyl groups is 1. The Bertz CT molecular complexity index is 607. The summed E-state index contributed by atoms with van der Waals surface area (Å²) in [6.07, 6.45) is -0.0435. The van der Waals surface area contributed by atoms with Crippen molar-refractivity contribution in [3.8, 4) is 5.75 Å². The van der Waals surface area contributed by atoms with E-state index in [4.69, 9.17) is 10.5 Å². The molecule has 0 spiro atoms. The first kappa shape index (κ1) is 17.8. The zero-order valence-corrected chi connectivity index (χ0v) is 14.8. The Kier molecular flexibility index (Phi) is 6.89. The Morgan fingerprint density at radius 2 is 1.96 bits per heavy atom. The molecule has 0 aliphatic heterocycles. The van der Waals surface area contributed by atoms with Gasteiger partial charge >= 0.3 is 0 Å². The number of aryl methyl sites for hydroxylation is 1. The van der Waals surface area contributed by atoms with Crippen molar-refractivity contribution in [1.82, 2.24) is 0 Å². The molecule has 0 aliphatic carbocycles. The van der Waals surface area contributed by atoms with Gasteiger partial charge in [0.1, 0.15) is 18.5 Å². The fraction of sp³-hybridized carbons (Fsp3) is 0.333. The summed E-state index contributed by atoms with van der Waals surface area (Å²) in [7, 11) is 0. The van der Waals surface area contributed by atoms with Crippen LogP contribution in [0.2, 0.25) is 0 Å². The third-order valence-electron chi connectivity index (χ3n) is 3.58. The van der Waals surface area contributed by atoms with E-state index in [0.717, 1.165) is 15.9 Å². The van der Waals surface area contributed by atoms with Gasteiger partial charge in [0.15, 0.2) is 0 Å². The van der Waals surface area contributed by atoms with Crippen LogP contribution in [0.4, 0.5) is 5.69 Å². The molecule has 0 bridgehead atoms. The lowest BCUT2D eigenvalue weighted by molar-refractivity contribution is 0.0836. The van der Waals surface area contributed by atoms with Crippen molar-refractivity contribution in [2.75, 3.05) is 18.5 Å². The first-order valence-electron chi connectivity index (χ1n) is 7.68. The maximum atomic E-state index is 10.1. The third kappa shape index (κ3) is 5.86. The summed E-state index contributed by atoms with van der Waals surface area (Å²) in [5.41, 5.74) is 8.25. The lowest BCUT2D eigenvalue weighted by Gasteiger charge is -2.20. The van der Waals surface area contributed by atoms with Gasteiger partial charge < -0.3 is 20.9 Å². The molecule has 5 heteroatoms. The van der Waals surface area contributed by atoms with Crippen LogP contribution in [0.3, 0.4) is 0 Å². The van der Waals surface area contributed by atoms with Crippen LogP contribution in [-0.2, 0) is 0 Å². The molecular formula is C18H23BrN2O2. The summed E-state index contributed by atoms with van der Waals surface area (Å²) < 4.78 is 6.55. The summed E-state index contributed by atoms with van der Waals surface area (Å²) in [6, 6.07) is 15.2. The molecule has 0 aliphatic rings. The van der Waals surface area contributed by atoms with Crippen LogP contribution in [-0.4, -0.2) is 30.4 Å². The third-order valence-corrected chi connectivity index (χ3v) is 4.23. The lowest BCUT2D eigenvalue weighted by atomic mass is 10.1. The van der Waals surface area contributed by atoms with Crippen molar-refractivity contribution in [2.45, 2.75) is 25.5 Å². The van der Waals surface area contributed by atoms with Gasteiger partial charge in [-0.15, -0.1) is 0 Å². The van der Waals surface area contributed by atoms with Gasteiger partial charge in [-0.25, -0.2) is 0 Å². The van der Waals surface area contributed by atoms with Gasteiger partial charge in [0.05, 0.1) is 0 Å². The first-order valence-corrected chi connectivity index (χ1v) is 8.47. The number of nitrogens with two attached hydrogens (primary N) is 1. The van der Waals surface area contributed by atoms with Crippen molar-refractivity contribution in [3.63, 3.8) is 0 Å². The molecule has 0 aromatic heterocycles.